The van der Waals surface area contributed by atoms with Gasteiger partial charge in [-0.1, -0.05) is 11.6 Å². The SMILES string of the molecule is Cc1c2cc(-n3c(-c4ccc(C#N)c(F)c4)nc(C(=O)N4CCCCC4)c3Cl)ccc2nn1C. The van der Waals surface area contributed by atoms with Gasteiger partial charge in [-0.3, -0.25) is 14.0 Å². The molecule has 0 bridgehead atoms. The van der Waals surface area contributed by atoms with E-state index in [-0.39, 0.29) is 22.3 Å². The van der Waals surface area contributed by atoms with Crippen molar-refractivity contribution in [1.29, 1.82) is 5.26 Å². The van der Waals surface area contributed by atoms with Crippen molar-refractivity contribution >= 4 is 28.4 Å². The van der Waals surface area contributed by atoms with Gasteiger partial charge in [0.05, 0.1) is 11.1 Å². The minimum Gasteiger partial charge on any atom is -0.337 e. The van der Waals surface area contributed by atoms with Crippen LogP contribution in [0.4, 0.5) is 4.39 Å². The molecule has 0 unspecified atom stereocenters. The number of carbonyl (C=O) groups excluding carboxylic acids is 1. The van der Waals surface area contributed by atoms with Crippen LogP contribution in [-0.4, -0.2) is 43.2 Å². The maximum absolute atomic E-state index is 14.5. The molecule has 1 amide bonds. The second-order valence-corrected chi connectivity index (χ2v) is 8.84. The molecule has 0 spiro atoms. The van der Waals surface area contributed by atoms with Gasteiger partial charge in [0.1, 0.15) is 22.9 Å². The summed E-state index contributed by atoms with van der Waals surface area (Å²) in [6, 6.07) is 11.7. The lowest BCUT2D eigenvalue weighted by Gasteiger charge is -2.26. The number of amides is 1. The van der Waals surface area contributed by atoms with E-state index in [0.717, 1.165) is 35.9 Å². The number of hydrogen-bond donors (Lipinski definition) is 0. The molecule has 0 N–H and O–H groups in total. The first-order valence-corrected chi connectivity index (χ1v) is 11.5. The summed E-state index contributed by atoms with van der Waals surface area (Å²) in [5.74, 6) is -0.569. The van der Waals surface area contributed by atoms with Crippen molar-refractivity contribution in [1.82, 2.24) is 24.2 Å². The number of fused-ring (bicyclic) bond motifs is 1. The molecule has 34 heavy (non-hydrogen) atoms. The molecular weight excluding hydrogens is 455 g/mol. The van der Waals surface area contributed by atoms with Crippen molar-refractivity contribution < 1.29 is 9.18 Å². The Labute approximate surface area is 201 Å². The molecule has 1 fully saturated rings. The third-order valence-electron chi connectivity index (χ3n) is 6.39. The zero-order valence-electron chi connectivity index (χ0n) is 18.8. The Hall–Kier alpha value is -3.70. The van der Waals surface area contributed by atoms with E-state index in [2.05, 4.69) is 10.1 Å². The fourth-order valence-corrected chi connectivity index (χ4v) is 4.71. The first-order chi connectivity index (χ1) is 16.4. The number of hydrogen-bond acceptors (Lipinski definition) is 4. The quantitative estimate of drug-likeness (QED) is 0.415. The third kappa shape index (κ3) is 3.62. The highest BCUT2D eigenvalue weighted by Crippen LogP contribution is 2.33. The molecule has 5 rings (SSSR count). The number of imidazole rings is 1. The molecule has 3 heterocycles. The Balaban J connectivity index is 1.71. The molecule has 1 aliphatic rings. The number of carbonyl (C=O) groups is 1. The van der Waals surface area contributed by atoms with Gasteiger partial charge in [0.15, 0.2) is 5.69 Å². The number of nitrogens with zero attached hydrogens (tertiary/aromatic N) is 6. The molecular formula is C25H22ClFN6O. The largest absolute Gasteiger partial charge is 0.337 e. The first-order valence-electron chi connectivity index (χ1n) is 11.1. The van der Waals surface area contributed by atoms with Crippen molar-refractivity contribution in [3.8, 4) is 23.1 Å². The molecule has 2 aromatic heterocycles. The van der Waals surface area contributed by atoms with E-state index in [4.69, 9.17) is 16.9 Å². The van der Waals surface area contributed by atoms with Gasteiger partial charge in [0.25, 0.3) is 5.91 Å². The molecule has 4 aromatic rings. The summed E-state index contributed by atoms with van der Waals surface area (Å²) in [6.07, 6.45) is 2.97. The molecule has 0 saturated carbocycles. The minimum atomic E-state index is -0.659. The topological polar surface area (TPSA) is 79.7 Å². The number of rotatable bonds is 3. The molecule has 7 nitrogen and oxygen atoms in total. The number of halogens is 2. The molecule has 0 aliphatic carbocycles. The maximum atomic E-state index is 14.5. The molecule has 9 heteroatoms. The third-order valence-corrected chi connectivity index (χ3v) is 6.73. The lowest BCUT2D eigenvalue weighted by molar-refractivity contribution is 0.0719. The number of likely N-dealkylation sites (tertiary alicyclic amines) is 1. The summed E-state index contributed by atoms with van der Waals surface area (Å²) in [6.45, 7) is 3.28. The van der Waals surface area contributed by atoms with Crippen molar-refractivity contribution in [2.75, 3.05) is 13.1 Å². The van der Waals surface area contributed by atoms with Crippen LogP contribution in [0.5, 0.6) is 0 Å². The van der Waals surface area contributed by atoms with Crippen molar-refractivity contribution in [3.05, 3.63) is 64.3 Å². The number of benzene rings is 2. The highest BCUT2D eigenvalue weighted by molar-refractivity contribution is 6.33. The number of nitriles is 1. The fourth-order valence-electron chi connectivity index (χ4n) is 4.41. The van der Waals surface area contributed by atoms with Gasteiger partial charge in [-0.25, -0.2) is 9.37 Å². The average Bonchev–Trinajstić information content (AvgIpc) is 3.34. The van der Waals surface area contributed by atoms with Crippen molar-refractivity contribution in [3.63, 3.8) is 0 Å². The smallest absolute Gasteiger partial charge is 0.275 e. The van der Waals surface area contributed by atoms with Crippen LogP contribution >= 0.6 is 11.6 Å². The second-order valence-electron chi connectivity index (χ2n) is 8.48. The average molecular weight is 477 g/mol. The molecule has 1 saturated heterocycles. The Morgan fingerprint density at radius 3 is 2.62 bits per heavy atom. The van der Waals surface area contributed by atoms with Crippen LogP contribution in [0, 0.1) is 24.1 Å². The Bertz CT molecular complexity index is 1480. The van der Waals surface area contributed by atoms with Gasteiger partial charge in [0, 0.05) is 42.5 Å². The number of aryl methyl sites for hydroxylation is 2. The van der Waals surface area contributed by atoms with E-state index in [1.807, 2.05) is 38.2 Å². The predicted molar refractivity (Wildman–Crippen MR) is 127 cm³/mol. The van der Waals surface area contributed by atoms with Gasteiger partial charge in [-0.15, -0.1) is 0 Å². The molecule has 0 atom stereocenters. The standard InChI is InChI=1S/C25H22ClFN6O/c1-15-19-13-18(8-9-21(19)30-31(15)2)33-23(26)22(25(34)32-10-4-3-5-11-32)29-24(33)16-6-7-17(14-28)20(27)12-16/h6-9,12-13H,3-5,10-11H2,1-2H3. The molecule has 0 radical (unpaired) electrons. The van der Waals surface area contributed by atoms with E-state index in [1.165, 1.54) is 12.1 Å². The van der Waals surface area contributed by atoms with Crippen LogP contribution in [0.25, 0.3) is 28.0 Å². The maximum Gasteiger partial charge on any atom is 0.275 e. The van der Waals surface area contributed by atoms with E-state index < -0.39 is 5.82 Å². The van der Waals surface area contributed by atoms with Crippen LogP contribution in [0.15, 0.2) is 36.4 Å². The van der Waals surface area contributed by atoms with Gasteiger partial charge >= 0.3 is 0 Å². The zero-order chi connectivity index (χ0) is 24.0. The van der Waals surface area contributed by atoms with Gasteiger partial charge in [0.2, 0.25) is 0 Å². The van der Waals surface area contributed by atoms with Gasteiger partial charge < -0.3 is 4.90 Å². The van der Waals surface area contributed by atoms with E-state index >= 15 is 0 Å². The number of aromatic nitrogens is 4. The summed E-state index contributed by atoms with van der Waals surface area (Å²) >= 11 is 6.81. The summed E-state index contributed by atoms with van der Waals surface area (Å²) in [7, 11) is 1.87. The Kier molecular flexibility index (Phi) is 5.58. The summed E-state index contributed by atoms with van der Waals surface area (Å²) < 4.78 is 18.0. The highest BCUT2D eigenvalue weighted by Gasteiger charge is 2.28. The lowest BCUT2D eigenvalue weighted by Crippen LogP contribution is -2.36. The van der Waals surface area contributed by atoms with E-state index in [0.29, 0.717) is 30.2 Å². The molecule has 2 aromatic carbocycles. The first kappa shape index (κ1) is 22.1. The van der Waals surface area contributed by atoms with Gasteiger partial charge in [-0.2, -0.15) is 10.4 Å². The van der Waals surface area contributed by atoms with Crippen LogP contribution in [-0.2, 0) is 7.05 Å². The van der Waals surface area contributed by atoms with Crippen LogP contribution in [0.3, 0.4) is 0 Å². The van der Waals surface area contributed by atoms with E-state index in [1.54, 1.807) is 20.2 Å². The highest BCUT2D eigenvalue weighted by atomic mass is 35.5. The summed E-state index contributed by atoms with van der Waals surface area (Å²) in [5, 5.41) is 14.7. The Morgan fingerprint density at radius 1 is 1.15 bits per heavy atom. The van der Waals surface area contributed by atoms with Crippen LogP contribution < -0.4 is 0 Å². The molecule has 1 aliphatic heterocycles. The van der Waals surface area contributed by atoms with Crippen LogP contribution in [0.1, 0.15) is 41.0 Å². The predicted octanol–water partition coefficient (Wildman–Crippen LogP) is 5.02. The fraction of sp³-hybridized carbons (Fsp3) is 0.280. The molecule has 172 valence electrons. The van der Waals surface area contributed by atoms with Gasteiger partial charge in [-0.05, 0) is 62.6 Å². The van der Waals surface area contributed by atoms with Crippen molar-refractivity contribution in [2.24, 2.45) is 7.05 Å². The monoisotopic (exact) mass is 476 g/mol. The zero-order valence-corrected chi connectivity index (χ0v) is 19.6. The van der Waals surface area contributed by atoms with Crippen molar-refractivity contribution in [2.45, 2.75) is 26.2 Å². The van der Waals surface area contributed by atoms with Crippen LogP contribution in [0.2, 0.25) is 5.15 Å². The second kappa shape index (κ2) is 8.58. The lowest BCUT2D eigenvalue weighted by atomic mass is 10.1. The number of piperidine rings is 1. The summed E-state index contributed by atoms with van der Waals surface area (Å²) in [5.41, 5.74) is 2.97. The summed E-state index contributed by atoms with van der Waals surface area (Å²) in [4.78, 5) is 19.7. The van der Waals surface area contributed by atoms with E-state index in [9.17, 15) is 9.18 Å². The minimum absolute atomic E-state index is 0.0648. The normalized spacial score (nSPS) is 13.9. The Morgan fingerprint density at radius 2 is 1.91 bits per heavy atom.